The number of ether oxygens (including phenoxy) is 2. The van der Waals surface area contributed by atoms with Crippen molar-refractivity contribution in [3.8, 4) is 0 Å². The molecule has 0 heterocycles. The standard InChI is InChI=1S/C25H35NO7/c1-13(26-31)16-7-9-25(30)18-10-20(29)19-11-21(32-14(2)27)22(33-15(3)28)12-23(19,4)17(18)6-8-24(16,25)5/h10,16-17,19,21-22,30-31H,6-9,11-12H2,1-5H3/b26-13+/t16-,17+,19+,21-,22+,23-,24-,25-/m1/s1. The summed E-state index contributed by atoms with van der Waals surface area (Å²) in [7, 11) is 0. The summed E-state index contributed by atoms with van der Waals surface area (Å²) in [6.07, 6.45) is 3.70. The van der Waals surface area contributed by atoms with Crippen LogP contribution >= 0.6 is 0 Å². The second-order valence-electron chi connectivity index (χ2n) is 11.0. The number of ketones is 1. The minimum atomic E-state index is -1.17. The summed E-state index contributed by atoms with van der Waals surface area (Å²) in [6, 6.07) is 0. The van der Waals surface area contributed by atoms with Gasteiger partial charge < -0.3 is 19.8 Å². The highest BCUT2D eigenvalue weighted by Gasteiger charge is 2.67. The summed E-state index contributed by atoms with van der Waals surface area (Å²) in [5, 5.41) is 24.9. The van der Waals surface area contributed by atoms with Crippen LogP contribution in [0, 0.1) is 28.6 Å². The third-order valence-electron chi connectivity index (χ3n) is 9.37. The van der Waals surface area contributed by atoms with Gasteiger partial charge in [0.05, 0.1) is 11.3 Å². The van der Waals surface area contributed by atoms with E-state index in [2.05, 4.69) is 5.16 Å². The number of esters is 2. The topological polar surface area (TPSA) is 122 Å². The Morgan fingerprint density at radius 2 is 1.67 bits per heavy atom. The lowest BCUT2D eigenvalue weighted by atomic mass is 9.46. The van der Waals surface area contributed by atoms with Crippen LogP contribution in [0.15, 0.2) is 16.8 Å². The predicted molar refractivity (Wildman–Crippen MR) is 118 cm³/mol. The molecule has 8 atom stereocenters. The number of oxime groups is 1. The number of rotatable bonds is 3. The molecule has 0 unspecified atom stereocenters. The molecule has 0 amide bonds. The second-order valence-corrected chi connectivity index (χ2v) is 11.0. The zero-order valence-corrected chi connectivity index (χ0v) is 20.1. The number of nitrogens with zero attached hydrogens (tertiary/aromatic N) is 1. The molecule has 8 heteroatoms. The largest absolute Gasteiger partial charge is 0.459 e. The quantitative estimate of drug-likeness (QED) is 0.286. The van der Waals surface area contributed by atoms with Crippen LogP contribution in [0.1, 0.15) is 73.1 Å². The van der Waals surface area contributed by atoms with E-state index >= 15 is 0 Å². The highest BCUT2D eigenvalue weighted by molar-refractivity contribution is 5.95. The van der Waals surface area contributed by atoms with Crippen molar-refractivity contribution in [2.45, 2.75) is 91.0 Å². The van der Waals surface area contributed by atoms with Crippen LogP contribution < -0.4 is 0 Å². The van der Waals surface area contributed by atoms with Crippen molar-refractivity contribution in [1.82, 2.24) is 0 Å². The zero-order chi connectivity index (χ0) is 24.3. The van der Waals surface area contributed by atoms with Crippen molar-refractivity contribution in [3.63, 3.8) is 0 Å². The van der Waals surface area contributed by atoms with Crippen molar-refractivity contribution in [2.75, 3.05) is 0 Å². The molecule has 0 aliphatic heterocycles. The molecule has 0 aromatic heterocycles. The molecule has 8 nitrogen and oxygen atoms in total. The fourth-order valence-corrected chi connectivity index (χ4v) is 7.74. The number of hydrogen-bond acceptors (Lipinski definition) is 8. The average molecular weight is 462 g/mol. The molecule has 3 fully saturated rings. The van der Waals surface area contributed by atoms with Crippen LogP contribution in [0.3, 0.4) is 0 Å². The third kappa shape index (κ3) is 3.44. The normalized spacial score (nSPS) is 44.8. The number of carbonyl (C=O) groups is 3. The molecule has 3 saturated carbocycles. The Balaban J connectivity index is 1.74. The number of hydrogen-bond donors (Lipinski definition) is 2. The van der Waals surface area contributed by atoms with Gasteiger partial charge in [-0.2, -0.15) is 0 Å². The Hall–Kier alpha value is -2.22. The molecule has 4 aliphatic carbocycles. The number of carbonyl (C=O) groups excluding carboxylic acids is 3. The van der Waals surface area contributed by atoms with Gasteiger partial charge in [0.25, 0.3) is 0 Å². The molecular formula is C25H35NO7. The van der Waals surface area contributed by atoms with Crippen molar-refractivity contribution in [3.05, 3.63) is 11.6 Å². The first kappa shape index (κ1) is 23.9. The molecule has 182 valence electrons. The minimum Gasteiger partial charge on any atom is -0.459 e. The summed E-state index contributed by atoms with van der Waals surface area (Å²) in [4.78, 5) is 37.0. The smallest absolute Gasteiger partial charge is 0.303 e. The van der Waals surface area contributed by atoms with Gasteiger partial charge in [0.15, 0.2) is 5.78 Å². The summed E-state index contributed by atoms with van der Waals surface area (Å²) in [5.41, 5.74) is -0.858. The fourth-order valence-electron chi connectivity index (χ4n) is 7.74. The minimum absolute atomic E-state index is 0.0558. The number of aliphatic hydroxyl groups is 1. The Morgan fingerprint density at radius 3 is 2.27 bits per heavy atom. The van der Waals surface area contributed by atoms with Gasteiger partial charge in [-0.25, -0.2) is 0 Å². The summed E-state index contributed by atoms with van der Waals surface area (Å²) >= 11 is 0. The maximum Gasteiger partial charge on any atom is 0.303 e. The van der Waals surface area contributed by atoms with E-state index in [-0.39, 0.29) is 23.5 Å². The van der Waals surface area contributed by atoms with Gasteiger partial charge >= 0.3 is 11.9 Å². The van der Waals surface area contributed by atoms with Crippen molar-refractivity contribution in [1.29, 1.82) is 0 Å². The molecule has 0 saturated heterocycles. The van der Waals surface area contributed by atoms with Gasteiger partial charge in [0.2, 0.25) is 0 Å². The van der Waals surface area contributed by atoms with Crippen molar-refractivity contribution in [2.24, 2.45) is 33.7 Å². The summed E-state index contributed by atoms with van der Waals surface area (Å²) < 4.78 is 11.0. The first-order valence-electron chi connectivity index (χ1n) is 11.9. The van der Waals surface area contributed by atoms with Crippen LogP contribution in [-0.4, -0.2) is 51.6 Å². The van der Waals surface area contributed by atoms with Gasteiger partial charge in [-0.15, -0.1) is 0 Å². The van der Waals surface area contributed by atoms with Gasteiger partial charge in [-0.3, -0.25) is 14.4 Å². The van der Waals surface area contributed by atoms with Crippen LogP contribution in [-0.2, 0) is 23.9 Å². The number of allylic oxidation sites excluding steroid dienone is 1. The van der Waals surface area contributed by atoms with Gasteiger partial charge in [0.1, 0.15) is 12.2 Å². The van der Waals surface area contributed by atoms with Gasteiger partial charge in [-0.05, 0) is 68.4 Å². The molecule has 0 radical (unpaired) electrons. The summed E-state index contributed by atoms with van der Waals surface area (Å²) in [6.45, 7) is 8.51. The maximum atomic E-state index is 13.5. The van der Waals surface area contributed by atoms with Crippen LogP contribution in [0.2, 0.25) is 0 Å². The lowest BCUT2D eigenvalue weighted by molar-refractivity contribution is -0.185. The summed E-state index contributed by atoms with van der Waals surface area (Å²) in [5.74, 6) is -1.50. The Morgan fingerprint density at radius 1 is 1.03 bits per heavy atom. The molecule has 33 heavy (non-hydrogen) atoms. The number of fused-ring (bicyclic) bond motifs is 5. The maximum absolute atomic E-state index is 13.5. The van der Waals surface area contributed by atoms with Crippen LogP contribution in [0.25, 0.3) is 0 Å². The predicted octanol–water partition coefficient (Wildman–Crippen LogP) is 3.18. The monoisotopic (exact) mass is 461 g/mol. The molecule has 4 rings (SSSR count). The first-order chi connectivity index (χ1) is 15.4. The van der Waals surface area contributed by atoms with E-state index in [1.807, 2.05) is 13.8 Å². The highest BCUT2D eigenvalue weighted by Crippen LogP contribution is 2.67. The van der Waals surface area contributed by atoms with E-state index in [0.29, 0.717) is 31.4 Å². The van der Waals surface area contributed by atoms with Gasteiger partial charge in [-0.1, -0.05) is 19.0 Å². The highest BCUT2D eigenvalue weighted by atomic mass is 16.6. The lowest BCUT2D eigenvalue weighted by Crippen LogP contribution is -2.61. The van der Waals surface area contributed by atoms with E-state index < -0.39 is 40.6 Å². The van der Waals surface area contributed by atoms with Gasteiger partial charge in [0, 0.05) is 31.1 Å². The third-order valence-corrected chi connectivity index (χ3v) is 9.37. The molecule has 2 N–H and O–H groups in total. The zero-order valence-electron chi connectivity index (χ0n) is 20.1. The molecule has 0 spiro atoms. The first-order valence-corrected chi connectivity index (χ1v) is 11.9. The molecular weight excluding hydrogens is 426 g/mol. The molecule has 0 bridgehead atoms. The van der Waals surface area contributed by atoms with E-state index in [4.69, 9.17) is 9.47 Å². The second kappa shape index (κ2) is 7.93. The lowest BCUT2D eigenvalue weighted by Gasteiger charge is -2.60. The van der Waals surface area contributed by atoms with E-state index in [1.54, 1.807) is 13.0 Å². The Labute approximate surface area is 194 Å². The van der Waals surface area contributed by atoms with E-state index in [0.717, 1.165) is 18.4 Å². The van der Waals surface area contributed by atoms with E-state index in [9.17, 15) is 24.7 Å². The average Bonchev–Trinajstić information content (AvgIpc) is 3.00. The molecule has 0 aromatic carbocycles. The van der Waals surface area contributed by atoms with Crippen LogP contribution in [0.5, 0.6) is 0 Å². The SMILES string of the molecule is CC(=O)O[C@H]1C[C@@]2(C)[C@@H](C[C@H]1OC(C)=O)C(=O)C=C1[C@@H]2CC[C@]2(C)[C@@H](/C(C)=N/O)CC[C@@]12O. The van der Waals surface area contributed by atoms with Crippen molar-refractivity contribution < 1.29 is 34.2 Å². The Kier molecular flexibility index (Phi) is 5.75. The van der Waals surface area contributed by atoms with Crippen molar-refractivity contribution >= 4 is 23.4 Å². The fraction of sp³-hybridized carbons (Fsp3) is 0.760. The van der Waals surface area contributed by atoms with E-state index in [1.165, 1.54) is 13.8 Å². The Bertz CT molecular complexity index is 941. The van der Waals surface area contributed by atoms with Crippen LogP contribution in [0.4, 0.5) is 0 Å². The molecule has 0 aromatic rings. The molecule has 4 aliphatic rings.